The van der Waals surface area contributed by atoms with Crippen LogP contribution in [0, 0.1) is 0 Å². The van der Waals surface area contributed by atoms with Crippen molar-refractivity contribution in [3.8, 4) is 0 Å². The quantitative estimate of drug-likeness (QED) is 0.602. The number of benzene rings is 2. The Labute approximate surface area is 123 Å². The van der Waals surface area contributed by atoms with E-state index in [-0.39, 0.29) is 0 Å². The predicted octanol–water partition coefficient (Wildman–Crippen LogP) is 0.481. The third kappa shape index (κ3) is 4.78. The number of sulfonamides is 1. The fourth-order valence-corrected chi connectivity index (χ4v) is 2.34. The van der Waals surface area contributed by atoms with Gasteiger partial charge in [0.1, 0.15) is 0 Å². The summed E-state index contributed by atoms with van der Waals surface area (Å²) in [6.45, 7) is 0. The maximum absolute atomic E-state index is 11.1. The lowest BCUT2D eigenvalue weighted by molar-refractivity contribution is 0.426. The molecule has 0 unspecified atom stereocenters. The molecule has 0 aliphatic heterocycles. The van der Waals surface area contributed by atoms with Crippen LogP contribution in [0.2, 0.25) is 0 Å². The molecule has 21 heavy (non-hydrogen) atoms. The molecule has 0 aliphatic rings. The molecule has 0 aromatic heterocycles. The summed E-state index contributed by atoms with van der Waals surface area (Å²) in [5.74, 6) is 0. The van der Waals surface area contributed by atoms with E-state index < -0.39 is 17.1 Å². The van der Waals surface area contributed by atoms with E-state index in [9.17, 15) is 8.42 Å². The normalized spacial score (nSPS) is 11.0. The highest BCUT2D eigenvalue weighted by atomic mass is 32.2. The third-order valence-corrected chi connectivity index (χ3v) is 3.27. The Morgan fingerprint density at radius 1 is 0.952 bits per heavy atom. The third-order valence-electron chi connectivity index (χ3n) is 2.66. The van der Waals surface area contributed by atoms with Crippen LogP contribution < -0.4 is 15.5 Å². The predicted molar refractivity (Wildman–Crippen MR) is 84.5 cm³/mol. The Morgan fingerprint density at radius 2 is 1.57 bits per heavy atom. The van der Waals surface area contributed by atoms with Crippen LogP contribution in [0.25, 0.3) is 0 Å². The molecule has 0 fully saturated rings. The van der Waals surface area contributed by atoms with Gasteiger partial charge < -0.3 is 15.4 Å². The lowest BCUT2D eigenvalue weighted by Crippen LogP contribution is -2.29. The molecule has 2 aromatic carbocycles. The first-order valence-corrected chi connectivity index (χ1v) is 8.03. The SMILES string of the molecule is CS(=O)(=O)Nc1ccc(Nc2cccc(B(O)O)c2)cc1. The minimum atomic E-state index is -3.29. The molecule has 0 amide bonds. The van der Waals surface area contributed by atoms with Crippen LogP contribution in [0.1, 0.15) is 0 Å². The van der Waals surface area contributed by atoms with Crippen molar-refractivity contribution in [3.05, 3.63) is 48.5 Å². The fourth-order valence-electron chi connectivity index (χ4n) is 1.78. The molecule has 0 radical (unpaired) electrons. The average molecular weight is 306 g/mol. The van der Waals surface area contributed by atoms with Crippen LogP contribution >= 0.6 is 0 Å². The topological polar surface area (TPSA) is 98.7 Å². The molecule has 0 saturated carbocycles. The van der Waals surface area contributed by atoms with Crippen molar-refractivity contribution in [2.75, 3.05) is 16.3 Å². The van der Waals surface area contributed by atoms with Crippen LogP contribution in [-0.2, 0) is 10.0 Å². The van der Waals surface area contributed by atoms with Crippen molar-refractivity contribution in [1.82, 2.24) is 0 Å². The van der Waals surface area contributed by atoms with Crippen LogP contribution in [0.4, 0.5) is 17.1 Å². The maximum atomic E-state index is 11.1. The largest absolute Gasteiger partial charge is 0.488 e. The first-order valence-electron chi connectivity index (χ1n) is 6.14. The Balaban J connectivity index is 2.12. The van der Waals surface area contributed by atoms with Gasteiger partial charge >= 0.3 is 7.12 Å². The van der Waals surface area contributed by atoms with E-state index in [1.807, 2.05) is 0 Å². The van der Waals surface area contributed by atoms with Gasteiger partial charge in [0.2, 0.25) is 10.0 Å². The molecule has 4 N–H and O–H groups in total. The molecule has 0 aliphatic carbocycles. The van der Waals surface area contributed by atoms with Gasteiger partial charge in [-0.15, -0.1) is 0 Å². The van der Waals surface area contributed by atoms with E-state index in [0.29, 0.717) is 16.8 Å². The second-order valence-electron chi connectivity index (χ2n) is 4.58. The Morgan fingerprint density at radius 3 is 2.14 bits per heavy atom. The summed E-state index contributed by atoms with van der Waals surface area (Å²) < 4.78 is 24.6. The smallest absolute Gasteiger partial charge is 0.423 e. The van der Waals surface area contributed by atoms with Gasteiger partial charge in [-0.3, -0.25) is 4.72 Å². The molecule has 8 heteroatoms. The van der Waals surface area contributed by atoms with E-state index in [4.69, 9.17) is 10.0 Å². The van der Waals surface area contributed by atoms with Crippen LogP contribution in [0.5, 0.6) is 0 Å². The molecule has 0 saturated heterocycles. The zero-order valence-electron chi connectivity index (χ0n) is 11.3. The Hall–Kier alpha value is -2.03. The van der Waals surface area contributed by atoms with Gasteiger partial charge in [-0.1, -0.05) is 12.1 Å². The zero-order chi connectivity index (χ0) is 15.5. The summed E-state index contributed by atoms with van der Waals surface area (Å²) in [4.78, 5) is 0. The van der Waals surface area contributed by atoms with Gasteiger partial charge in [-0.25, -0.2) is 8.42 Å². The van der Waals surface area contributed by atoms with Crippen molar-refractivity contribution >= 4 is 39.7 Å². The van der Waals surface area contributed by atoms with E-state index in [1.54, 1.807) is 48.5 Å². The second-order valence-corrected chi connectivity index (χ2v) is 6.32. The van der Waals surface area contributed by atoms with Crippen LogP contribution in [0.3, 0.4) is 0 Å². The number of anilines is 3. The molecule has 6 nitrogen and oxygen atoms in total. The number of rotatable bonds is 5. The summed E-state index contributed by atoms with van der Waals surface area (Å²) in [5, 5.41) is 21.3. The first kappa shape index (κ1) is 15.4. The van der Waals surface area contributed by atoms with Crippen LogP contribution in [0.15, 0.2) is 48.5 Å². The lowest BCUT2D eigenvalue weighted by Gasteiger charge is -2.09. The maximum Gasteiger partial charge on any atom is 0.488 e. The molecular formula is C13H15BN2O4S. The number of hydrogen-bond donors (Lipinski definition) is 4. The van der Waals surface area contributed by atoms with Crippen molar-refractivity contribution in [2.45, 2.75) is 0 Å². The standard InChI is InChI=1S/C13H15BN2O4S/c1-21(19,20)16-12-7-5-11(6-8-12)15-13-4-2-3-10(9-13)14(17)18/h2-9,15-18H,1H3. The van der Waals surface area contributed by atoms with Gasteiger partial charge in [0.25, 0.3) is 0 Å². The van der Waals surface area contributed by atoms with Gasteiger partial charge in [0.05, 0.1) is 6.26 Å². The van der Waals surface area contributed by atoms with Crippen LogP contribution in [-0.4, -0.2) is 31.8 Å². The summed E-state index contributed by atoms with van der Waals surface area (Å²) in [5.41, 5.74) is 2.31. The van der Waals surface area contributed by atoms with E-state index >= 15 is 0 Å². The number of nitrogens with one attached hydrogen (secondary N) is 2. The molecule has 110 valence electrons. The van der Waals surface area contributed by atoms with Gasteiger partial charge in [-0.2, -0.15) is 0 Å². The van der Waals surface area contributed by atoms with Crippen molar-refractivity contribution in [3.63, 3.8) is 0 Å². The summed E-state index contributed by atoms with van der Waals surface area (Å²) >= 11 is 0. The molecule has 0 bridgehead atoms. The van der Waals surface area contributed by atoms with Gasteiger partial charge in [0.15, 0.2) is 0 Å². The highest BCUT2D eigenvalue weighted by Crippen LogP contribution is 2.18. The molecule has 2 aromatic rings. The van der Waals surface area contributed by atoms with Gasteiger partial charge in [0, 0.05) is 17.1 Å². The minimum Gasteiger partial charge on any atom is -0.423 e. The van der Waals surface area contributed by atoms with Crippen molar-refractivity contribution < 1.29 is 18.5 Å². The Bertz CT molecular complexity index is 717. The monoisotopic (exact) mass is 306 g/mol. The summed E-state index contributed by atoms with van der Waals surface area (Å²) in [6, 6.07) is 13.4. The fraction of sp³-hybridized carbons (Fsp3) is 0.0769. The lowest BCUT2D eigenvalue weighted by atomic mass is 9.80. The highest BCUT2D eigenvalue weighted by Gasteiger charge is 2.10. The molecule has 2 rings (SSSR count). The van der Waals surface area contributed by atoms with Gasteiger partial charge in [-0.05, 0) is 41.9 Å². The average Bonchev–Trinajstić information content (AvgIpc) is 2.40. The first-order chi connectivity index (χ1) is 9.83. The number of hydrogen-bond acceptors (Lipinski definition) is 5. The molecular weight excluding hydrogens is 291 g/mol. The minimum absolute atomic E-state index is 0.385. The van der Waals surface area contributed by atoms with Crippen molar-refractivity contribution in [1.29, 1.82) is 0 Å². The summed E-state index contributed by atoms with van der Waals surface area (Å²) in [6.07, 6.45) is 1.09. The molecule has 0 heterocycles. The van der Waals surface area contributed by atoms with E-state index in [0.717, 1.165) is 11.9 Å². The molecule has 0 spiro atoms. The molecule has 0 atom stereocenters. The van der Waals surface area contributed by atoms with E-state index in [2.05, 4.69) is 10.0 Å². The summed E-state index contributed by atoms with van der Waals surface area (Å²) in [7, 11) is -4.81. The second kappa shape index (κ2) is 6.17. The Kier molecular flexibility index (Phi) is 4.51. The zero-order valence-corrected chi connectivity index (χ0v) is 12.1. The van der Waals surface area contributed by atoms with E-state index in [1.165, 1.54) is 0 Å². The van der Waals surface area contributed by atoms with Crippen molar-refractivity contribution in [2.24, 2.45) is 0 Å². The highest BCUT2D eigenvalue weighted by molar-refractivity contribution is 7.92.